The van der Waals surface area contributed by atoms with E-state index in [4.69, 9.17) is 19.5 Å². The van der Waals surface area contributed by atoms with Crippen molar-refractivity contribution < 1.29 is 32.6 Å². The lowest BCUT2D eigenvalue weighted by atomic mass is 10.1. The minimum atomic E-state index is -3.89. The summed E-state index contributed by atoms with van der Waals surface area (Å²) in [6.45, 7) is 2.53. The number of ether oxygens (including phenoxy) is 1. The van der Waals surface area contributed by atoms with E-state index in [2.05, 4.69) is 25.9 Å². The highest BCUT2D eigenvalue weighted by molar-refractivity contribution is 9.10. The summed E-state index contributed by atoms with van der Waals surface area (Å²) in [6.07, 6.45) is -1.70. The molecular formula is C22H25BrFN4O6P. The van der Waals surface area contributed by atoms with Crippen LogP contribution < -0.4 is 10.3 Å². The quantitative estimate of drug-likeness (QED) is 0.290. The van der Waals surface area contributed by atoms with Gasteiger partial charge in [0.2, 0.25) is 4.58 Å². The number of nitrogens with zero attached hydrogens (tertiary/aromatic N) is 3. The molecule has 2 aromatic heterocycles. The van der Waals surface area contributed by atoms with Crippen LogP contribution in [0, 0.1) is 5.92 Å². The molecule has 0 aliphatic carbocycles. The highest BCUT2D eigenvalue weighted by Crippen LogP contribution is 2.52. The fraction of sp³-hybridized carbons (Fsp3) is 0.409. The molecule has 1 aliphatic rings. The fourth-order valence-corrected chi connectivity index (χ4v) is 6.30. The third-order valence-electron chi connectivity index (χ3n) is 5.79. The number of benzene rings is 1. The zero-order valence-electron chi connectivity index (χ0n) is 19.0. The van der Waals surface area contributed by atoms with Crippen molar-refractivity contribution in [3.63, 3.8) is 0 Å². The second-order valence-corrected chi connectivity index (χ2v) is 11.6. The van der Waals surface area contributed by atoms with Crippen molar-refractivity contribution in [1.82, 2.24) is 14.5 Å². The van der Waals surface area contributed by atoms with Crippen LogP contribution >= 0.6 is 23.5 Å². The van der Waals surface area contributed by atoms with Gasteiger partial charge >= 0.3 is 7.60 Å². The summed E-state index contributed by atoms with van der Waals surface area (Å²) in [5.74, 6) is -0.301. The van der Waals surface area contributed by atoms with E-state index < -0.39 is 43.1 Å². The van der Waals surface area contributed by atoms with Gasteiger partial charge in [0, 0.05) is 12.1 Å². The van der Waals surface area contributed by atoms with Crippen LogP contribution in [0.3, 0.4) is 0 Å². The lowest BCUT2D eigenvalue weighted by Crippen LogP contribution is -2.38. The number of aliphatic hydroxyl groups is 1. The number of aromatic nitrogens is 3. The molecular weight excluding hydrogens is 546 g/mol. The Morgan fingerprint density at radius 2 is 2.09 bits per heavy atom. The Kier molecular flexibility index (Phi) is 7.31. The predicted octanol–water partition coefficient (Wildman–Crippen LogP) is 3.85. The van der Waals surface area contributed by atoms with E-state index in [9.17, 15) is 14.5 Å². The zero-order chi connectivity index (χ0) is 25.4. The number of hydrogen-bond acceptors (Lipinski definition) is 9. The normalized spacial score (nSPS) is 26.9. The van der Waals surface area contributed by atoms with Gasteiger partial charge in [0.05, 0.1) is 18.2 Å². The molecule has 0 amide bonds. The molecule has 6 atom stereocenters. The highest BCUT2D eigenvalue weighted by atomic mass is 79.9. The average Bonchev–Trinajstić information content (AvgIpc) is 3.32. The first kappa shape index (κ1) is 25.7. The molecule has 3 heterocycles. The summed E-state index contributed by atoms with van der Waals surface area (Å²) in [4.78, 5) is 19.8. The fourth-order valence-electron chi connectivity index (χ4n) is 3.70. The summed E-state index contributed by atoms with van der Waals surface area (Å²) in [7, 11) is -3.89. The van der Waals surface area contributed by atoms with Gasteiger partial charge in [-0.05, 0) is 41.1 Å². The van der Waals surface area contributed by atoms with Crippen molar-refractivity contribution >= 4 is 46.2 Å². The molecule has 4 rings (SSSR count). The Hall–Kier alpha value is -2.37. The SMILES string of the molecule is CC(=O)[C@H](C)CP(=O)(OC[C@H]1O[C@@H](n2ccc3c(N)ncnc32)C(F)(Br)[C@H]1O)Oc1ccccc1. The van der Waals surface area contributed by atoms with Crippen LogP contribution in [0.5, 0.6) is 5.75 Å². The average molecular weight is 571 g/mol. The number of nitrogen functional groups attached to an aromatic ring is 1. The summed E-state index contributed by atoms with van der Waals surface area (Å²) in [6, 6.07) is 9.96. The highest BCUT2D eigenvalue weighted by Gasteiger charge is 2.57. The van der Waals surface area contributed by atoms with Gasteiger partial charge in [0.15, 0.2) is 6.23 Å². The van der Waals surface area contributed by atoms with Crippen LogP contribution in [-0.2, 0) is 18.6 Å². The van der Waals surface area contributed by atoms with Gasteiger partial charge in [-0.3, -0.25) is 9.32 Å². The Bertz CT molecular complexity index is 1260. The standard InChI is InChI=1S/C22H25BrFN4O6P/c1-13(14(2)29)11-35(31,34-15-6-4-3-5-7-15)32-10-17-18(30)22(23,24)21(33-17)28-9-8-16-19(25)26-12-27-20(16)28/h3-9,12-13,17-18,21,30H,10-11H2,1-2H3,(H2,25,26,27)/t13-,17-,18+,21-,22?,35?/m1/s1. The maximum atomic E-state index is 15.6. The number of ketones is 1. The lowest BCUT2D eigenvalue weighted by Gasteiger charge is -2.24. The Morgan fingerprint density at radius 1 is 1.37 bits per heavy atom. The number of fused-ring (bicyclic) bond motifs is 1. The van der Waals surface area contributed by atoms with Crippen molar-refractivity contribution in [2.75, 3.05) is 18.5 Å². The van der Waals surface area contributed by atoms with Crippen LogP contribution in [0.15, 0.2) is 48.9 Å². The summed E-state index contributed by atoms with van der Waals surface area (Å²) < 4.78 is 45.2. The molecule has 0 radical (unpaired) electrons. The first-order valence-corrected chi connectivity index (χ1v) is 13.3. The monoisotopic (exact) mass is 570 g/mol. The molecule has 3 N–H and O–H groups in total. The van der Waals surface area contributed by atoms with Crippen molar-refractivity contribution in [3.8, 4) is 5.75 Å². The van der Waals surface area contributed by atoms with Gasteiger partial charge in [-0.15, -0.1) is 0 Å². The number of carbonyl (C=O) groups is 1. The number of rotatable bonds is 9. The molecule has 13 heteroatoms. The second kappa shape index (κ2) is 9.94. The molecule has 35 heavy (non-hydrogen) atoms. The number of halogens is 2. The van der Waals surface area contributed by atoms with Crippen molar-refractivity contribution in [2.45, 2.75) is 36.9 Å². The van der Waals surface area contributed by atoms with Gasteiger partial charge < -0.3 is 24.7 Å². The maximum absolute atomic E-state index is 15.6. The number of Topliss-reactive ketones (excluding diaryl/α,β-unsaturated/α-hetero) is 1. The second-order valence-electron chi connectivity index (χ2n) is 8.37. The van der Waals surface area contributed by atoms with Gasteiger partial charge in [-0.25, -0.2) is 18.9 Å². The first-order valence-electron chi connectivity index (χ1n) is 10.8. The number of para-hydroxylation sites is 1. The molecule has 1 saturated heterocycles. The molecule has 1 aliphatic heterocycles. The molecule has 0 bridgehead atoms. The van der Waals surface area contributed by atoms with Gasteiger partial charge in [-0.1, -0.05) is 25.1 Å². The van der Waals surface area contributed by atoms with E-state index in [-0.39, 0.29) is 23.5 Å². The predicted molar refractivity (Wildman–Crippen MR) is 130 cm³/mol. The van der Waals surface area contributed by atoms with Crippen LogP contribution in [0.4, 0.5) is 10.2 Å². The van der Waals surface area contributed by atoms with E-state index >= 15 is 4.39 Å². The number of aliphatic hydroxyl groups excluding tert-OH is 1. The van der Waals surface area contributed by atoms with E-state index in [0.717, 1.165) is 0 Å². The largest absolute Gasteiger partial charge is 0.424 e. The number of anilines is 1. The maximum Gasteiger partial charge on any atom is 0.379 e. The van der Waals surface area contributed by atoms with E-state index in [1.807, 2.05) is 0 Å². The third-order valence-corrected chi connectivity index (χ3v) is 8.67. The smallest absolute Gasteiger partial charge is 0.379 e. The van der Waals surface area contributed by atoms with Crippen LogP contribution in [-0.4, -0.2) is 55.0 Å². The van der Waals surface area contributed by atoms with Crippen LogP contribution in [0.1, 0.15) is 20.1 Å². The van der Waals surface area contributed by atoms with E-state index in [0.29, 0.717) is 11.0 Å². The molecule has 188 valence electrons. The zero-order valence-corrected chi connectivity index (χ0v) is 21.4. The lowest BCUT2D eigenvalue weighted by molar-refractivity contribution is -0.119. The Labute approximate surface area is 209 Å². The Balaban J connectivity index is 1.55. The minimum absolute atomic E-state index is 0.188. The van der Waals surface area contributed by atoms with E-state index in [1.54, 1.807) is 43.3 Å². The summed E-state index contributed by atoms with van der Waals surface area (Å²) in [5.41, 5.74) is 6.17. The van der Waals surface area contributed by atoms with Crippen LogP contribution in [0.25, 0.3) is 11.0 Å². The summed E-state index contributed by atoms with van der Waals surface area (Å²) >= 11 is 2.94. The molecule has 0 spiro atoms. The Morgan fingerprint density at radius 3 is 2.77 bits per heavy atom. The van der Waals surface area contributed by atoms with Gasteiger partial charge in [-0.2, -0.15) is 0 Å². The number of alkyl halides is 2. The summed E-state index contributed by atoms with van der Waals surface area (Å²) in [5, 5.41) is 11.2. The van der Waals surface area contributed by atoms with Gasteiger partial charge in [0.1, 0.15) is 41.5 Å². The molecule has 2 unspecified atom stereocenters. The number of carbonyl (C=O) groups excluding carboxylic acids is 1. The van der Waals surface area contributed by atoms with Crippen molar-refractivity contribution in [3.05, 3.63) is 48.9 Å². The molecule has 1 fully saturated rings. The molecule has 10 nitrogen and oxygen atoms in total. The number of hydrogen-bond donors (Lipinski definition) is 2. The first-order chi connectivity index (χ1) is 16.5. The molecule has 1 aromatic carbocycles. The van der Waals surface area contributed by atoms with Crippen molar-refractivity contribution in [1.29, 1.82) is 0 Å². The molecule has 3 aromatic rings. The minimum Gasteiger partial charge on any atom is -0.424 e. The van der Waals surface area contributed by atoms with Gasteiger partial charge in [0.25, 0.3) is 0 Å². The molecule has 0 saturated carbocycles. The van der Waals surface area contributed by atoms with Crippen LogP contribution in [0.2, 0.25) is 0 Å². The van der Waals surface area contributed by atoms with E-state index in [1.165, 1.54) is 24.0 Å². The topological polar surface area (TPSA) is 139 Å². The third kappa shape index (κ3) is 5.26. The van der Waals surface area contributed by atoms with Crippen molar-refractivity contribution in [2.24, 2.45) is 5.92 Å². The number of nitrogens with two attached hydrogens (primary N) is 1.